The molecule has 0 bridgehead atoms. The molecule has 0 aliphatic carbocycles. The van der Waals surface area contributed by atoms with Gasteiger partial charge in [-0.05, 0) is 19.4 Å². The first-order valence-corrected chi connectivity index (χ1v) is 7.82. The zero-order valence-corrected chi connectivity index (χ0v) is 10.5. The second kappa shape index (κ2) is 5.11. The van der Waals surface area contributed by atoms with Gasteiger partial charge >= 0.3 is 0 Å². The number of rotatable bonds is 4. The number of anilines is 1. The van der Waals surface area contributed by atoms with Crippen LogP contribution < -0.4 is 10.0 Å². The first-order chi connectivity index (χ1) is 7.66. The zero-order valence-electron chi connectivity index (χ0n) is 8.85. The van der Waals surface area contributed by atoms with Gasteiger partial charge in [-0.2, -0.15) is 0 Å². The van der Waals surface area contributed by atoms with E-state index in [0.717, 1.165) is 25.8 Å². The molecule has 2 heterocycles. The molecule has 7 heteroatoms. The fraction of sp³-hybridized carbons (Fsp3) is 0.667. The molecule has 5 nitrogen and oxygen atoms in total. The van der Waals surface area contributed by atoms with Crippen LogP contribution in [0.2, 0.25) is 0 Å². The molecule has 16 heavy (non-hydrogen) atoms. The van der Waals surface area contributed by atoms with Gasteiger partial charge in [0.05, 0.1) is 5.75 Å². The average molecular weight is 261 g/mol. The van der Waals surface area contributed by atoms with E-state index in [2.05, 4.69) is 15.0 Å². The molecule has 1 saturated heterocycles. The third-order valence-electron chi connectivity index (χ3n) is 2.51. The smallest absolute Gasteiger partial charge is 0.236 e. The Bertz CT molecular complexity index is 410. The van der Waals surface area contributed by atoms with Gasteiger partial charge in [-0.25, -0.2) is 13.4 Å². The monoisotopic (exact) mass is 261 g/mol. The van der Waals surface area contributed by atoms with E-state index in [9.17, 15) is 8.42 Å². The van der Waals surface area contributed by atoms with Crippen molar-refractivity contribution >= 4 is 26.5 Å². The van der Waals surface area contributed by atoms with Crippen molar-refractivity contribution in [2.24, 2.45) is 0 Å². The van der Waals surface area contributed by atoms with Gasteiger partial charge < -0.3 is 5.32 Å². The second-order valence-corrected chi connectivity index (χ2v) is 6.53. The highest BCUT2D eigenvalue weighted by atomic mass is 32.2. The molecule has 0 saturated carbocycles. The third kappa shape index (κ3) is 3.43. The number of piperidine rings is 1. The van der Waals surface area contributed by atoms with E-state index < -0.39 is 10.0 Å². The minimum absolute atomic E-state index is 0.0752. The molecule has 0 aromatic carbocycles. The Kier molecular flexibility index (Phi) is 3.78. The van der Waals surface area contributed by atoms with Crippen LogP contribution in [0.4, 0.5) is 5.13 Å². The van der Waals surface area contributed by atoms with Crippen LogP contribution in [0.15, 0.2) is 11.6 Å². The van der Waals surface area contributed by atoms with Crippen LogP contribution in [0.1, 0.15) is 19.3 Å². The first-order valence-electron chi connectivity index (χ1n) is 5.29. The molecule has 90 valence electrons. The van der Waals surface area contributed by atoms with Gasteiger partial charge in [0.2, 0.25) is 10.0 Å². The van der Waals surface area contributed by atoms with Crippen molar-refractivity contribution in [1.29, 1.82) is 0 Å². The highest BCUT2D eigenvalue weighted by Gasteiger charge is 2.21. The summed E-state index contributed by atoms with van der Waals surface area (Å²) in [5.74, 6) is 0.132. The van der Waals surface area contributed by atoms with Crippen LogP contribution in [0.5, 0.6) is 0 Å². The molecule has 1 atom stereocenters. The van der Waals surface area contributed by atoms with Gasteiger partial charge in [-0.3, -0.25) is 4.72 Å². The maximum absolute atomic E-state index is 11.8. The van der Waals surface area contributed by atoms with Crippen molar-refractivity contribution < 1.29 is 8.42 Å². The quantitative estimate of drug-likeness (QED) is 0.849. The van der Waals surface area contributed by atoms with Crippen LogP contribution in [-0.2, 0) is 10.0 Å². The fourth-order valence-corrected chi connectivity index (χ4v) is 3.94. The lowest BCUT2D eigenvalue weighted by Gasteiger charge is -2.23. The minimum atomic E-state index is -3.27. The fourth-order valence-electron chi connectivity index (χ4n) is 1.78. The Hall–Kier alpha value is -0.660. The standard InChI is InChI=1S/C9H15N3O2S2/c13-16(14,12-9-11-5-6-15-9)7-8-3-1-2-4-10-8/h5-6,8,10H,1-4,7H2,(H,11,12). The highest BCUT2D eigenvalue weighted by molar-refractivity contribution is 7.92. The summed E-state index contributed by atoms with van der Waals surface area (Å²) in [5, 5.41) is 5.41. The molecule has 1 unspecified atom stereocenters. The lowest BCUT2D eigenvalue weighted by atomic mass is 10.1. The molecule has 1 aromatic heterocycles. The van der Waals surface area contributed by atoms with E-state index in [1.807, 2.05) is 0 Å². The predicted octanol–water partition coefficient (Wildman–Crippen LogP) is 1.03. The summed E-state index contributed by atoms with van der Waals surface area (Å²) >= 11 is 1.29. The number of hydrogen-bond acceptors (Lipinski definition) is 5. The van der Waals surface area contributed by atoms with E-state index in [1.54, 1.807) is 11.6 Å². The Morgan fingerprint density at radius 3 is 3.06 bits per heavy atom. The number of aromatic nitrogens is 1. The zero-order chi connectivity index (χ0) is 11.4. The summed E-state index contributed by atoms with van der Waals surface area (Å²) in [6.07, 6.45) is 4.75. The van der Waals surface area contributed by atoms with E-state index in [1.165, 1.54) is 11.3 Å². The topological polar surface area (TPSA) is 71.1 Å². The van der Waals surface area contributed by atoms with Crippen molar-refractivity contribution in [2.45, 2.75) is 25.3 Å². The summed E-state index contributed by atoms with van der Waals surface area (Å²) in [5.41, 5.74) is 0. The van der Waals surface area contributed by atoms with Crippen molar-refractivity contribution in [3.63, 3.8) is 0 Å². The van der Waals surface area contributed by atoms with Crippen molar-refractivity contribution in [3.8, 4) is 0 Å². The molecular formula is C9H15N3O2S2. The maximum Gasteiger partial charge on any atom is 0.236 e. The predicted molar refractivity (Wildman–Crippen MR) is 65.2 cm³/mol. The van der Waals surface area contributed by atoms with Gasteiger partial charge in [0.25, 0.3) is 0 Å². The molecule has 0 spiro atoms. The van der Waals surface area contributed by atoms with Crippen molar-refractivity contribution in [2.75, 3.05) is 17.0 Å². The van der Waals surface area contributed by atoms with Crippen molar-refractivity contribution in [3.05, 3.63) is 11.6 Å². The van der Waals surface area contributed by atoms with Crippen LogP contribution in [0.25, 0.3) is 0 Å². The van der Waals surface area contributed by atoms with E-state index in [-0.39, 0.29) is 11.8 Å². The third-order valence-corrected chi connectivity index (χ3v) is 4.67. The second-order valence-electron chi connectivity index (χ2n) is 3.87. The van der Waals surface area contributed by atoms with E-state index in [0.29, 0.717) is 5.13 Å². The number of nitrogens with one attached hydrogen (secondary N) is 2. The van der Waals surface area contributed by atoms with Crippen LogP contribution in [0, 0.1) is 0 Å². The molecule has 2 rings (SSSR count). The Morgan fingerprint density at radius 2 is 2.44 bits per heavy atom. The molecule has 1 fully saturated rings. The van der Waals surface area contributed by atoms with Gasteiger partial charge in [-0.1, -0.05) is 6.42 Å². The van der Waals surface area contributed by atoms with Gasteiger partial charge in [0.1, 0.15) is 0 Å². The molecule has 1 aliphatic rings. The molecular weight excluding hydrogens is 246 g/mol. The average Bonchev–Trinajstić information content (AvgIpc) is 2.70. The molecule has 1 aromatic rings. The minimum Gasteiger partial charge on any atom is -0.313 e. The number of sulfonamides is 1. The Balaban J connectivity index is 1.92. The number of hydrogen-bond donors (Lipinski definition) is 2. The summed E-state index contributed by atoms with van der Waals surface area (Å²) in [7, 11) is -3.27. The largest absolute Gasteiger partial charge is 0.313 e. The summed E-state index contributed by atoms with van der Waals surface area (Å²) in [4.78, 5) is 3.90. The number of thiazole rings is 1. The normalized spacial score (nSPS) is 21.9. The van der Waals surface area contributed by atoms with Crippen LogP contribution >= 0.6 is 11.3 Å². The summed E-state index contributed by atoms with van der Waals surface area (Å²) in [6.45, 7) is 0.914. The molecule has 0 radical (unpaired) electrons. The molecule has 1 aliphatic heterocycles. The van der Waals surface area contributed by atoms with Gasteiger partial charge in [-0.15, -0.1) is 11.3 Å². The van der Waals surface area contributed by atoms with E-state index >= 15 is 0 Å². The Morgan fingerprint density at radius 1 is 1.56 bits per heavy atom. The lowest BCUT2D eigenvalue weighted by molar-refractivity contribution is 0.424. The molecule has 2 N–H and O–H groups in total. The SMILES string of the molecule is O=S(=O)(CC1CCCCN1)Nc1nccs1. The van der Waals surface area contributed by atoms with Gasteiger partial charge in [0, 0.05) is 17.6 Å². The summed E-state index contributed by atoms with van der Waals surface area (Å²) in [6, 6.07) is 0.0752. The van der Waals surface area contributed by atoms with Gasteiger partial charge in [0.15, 0.2) is 5.13 Å². The first kappa shape index (κ1) is 11.8. The van der Waals surface area contributed by atoms with Crippen molar-refractivity contribution in [1.82, 2.24) is 10.3 Å². The van der Waals surface area contributed by atoms with Crippen LogP contribution in [0.3, 0.4) is 0 Å². The highest BCUT2D eigenvalue weighted by Crippen LogP contribution is 2.14. The lowest BCUT2D eigenvalue weighted by Crippen LogP contribution is -2.40. The Labute approximate surface area is 99.3 Å². The summed E-state index contributed by atoms with van der Waals surface area (Å²) < 4.78 is 26.0. The maximum atomic E-state index is 11.8. The number of nitrogens with zero attached hydrogens (tertiary/aromatic N) is 1. The molecule has 0 amide bonds. The van der Waals surface area contributed by atoms with Crippen LogP contribution in [-0.4, -0.2) is 31.7 Å². The van der Waals surface area contributed by atoms with E-state index in [4.69, 9.17) is 0 Å².